The monoisotopic (exact) mass is 669 g/mol. The lowest BCUT2D eigenvalue weighted by Crippen LogP contribution is -2.43. The second kappa shape index (κ2) is 12.5. The maximum absolute atomic E-state index is 13.2. The minimum atomic E-state index is -4.95. The molecule has 0 radical (unpaired) electrons. The predicted octanol–water partition coefficient (Wildman–Crippen LogP) is 6.90. The van der Waals surface area contributed by atoms with Gasteiger partial charge in [0.05, 0.1) is 41.0 Å². The van der Waals surface area contributed by atoms with Gasteiger partial charge in [0.1, 0.15) is 11.6 Å². The van der Waals surface area contributed by atoms with Gasteiger partial charge in [-0.15, -0.1) is 0 Å². The fourth-order valence-corrected chi connectivity index (χ4v) is 7.86. The summed E-state index contributed by atoms with van der Waals surface area (Å²) < 4.78 is 134. The molecule has 7 nitrogen and oxygen atoms in total. The predicted molar refractivity (Wildman–Crippen MR) is 148 cm³/mol. The second-order valence-corrected chi connectivity index (χ2v) is 13.7. The highest BCUT2D eigenvalue weighted by molar-refractivity contribution is 7.85. The number of hydrogen-bond donors (Lipinski definition) is 2. The van der Waals surface area contributed by atoms with Crippen LogP contribution in [0.15, 0.2) is 42.5 Å². The van der Waals surface area contributed by atoms with E-state index in [0.717, 1.165) is 6.42 Å². The number of halogens is 7. The molecule has 2 N–H and O–H groups in total. The fraction of sp³-hybridized carbons (Fsp3) is 0.567. The minimum Gasteiger partial charge on any atom is -0.349 e. The molecule has 2 aliphatic carbocycles. The van der Waals surface area contributed by atoms with E-state index in [0.29, 0.717) is 37.1 Å². The molecule has 3 aliphatic rings. The summed E-state index contributed by atoms with van der Waals surface area (Å²) in [4.78, 5) is 11.9. The Morgan fingerprint density at radius 3 is 2.09 bits per heavy atom. The zero-order chi connectivity index (χ0) is 33.6. The maximum atomic E-state index is 13.2. The molecule has 0 spiro atoms. The number of nitrogens with one attached hydrogen (secondary N) is 1. The van der Waals surface area contributed by atoms with Crippen LogP contribution in [0.4, 0.5) is 30.7 Å². The largest absolute Gasteiger partial charge is 0.416 e. The Balaban J connectivity index is 0.000000256. The third kappa shape index (κ3) is 7.70. The van der Waals surface area contributed by atoms with Gasteiger partial charge in [-0.3, -0.25) is 9.35 Å². The molecule has 2 saturated carbocycles. The van der Waals surface area contributed by atoms with Crippen molar-refractivity contribution in [2.24, 2.45) is 16.7 Å². The smallest absolute Gasteiger partial charge is 0.349 e. The summed E-state index contributed by atoms with van der Waals surface area (Å²) in [5.41, 5.74) is -3.64. The van der Waals surface area contributed by atoms with Gasteiger partial charge in [0.25, 0.3) is 10.1 Å². The molecule has 45 heavy (non-hydrogen) atoms. The number of hydrogen-bond acceptors (Lipinski definition) is 6. The Morgan fingerprint density at radius 1 is 1.04 bits per heavy atom. The van der Waals surface area contributed by atoms with E-state index >= 15 is 0 Å². The van der Waals surface area contributed by atoms with Gasteiger partial charge in [0.15, 0.2) is 6.29 Å². The second-order valence-electron chi connectivity index (χ2n) is 12.2. The number of carbonyl (C=O) groups excluding carboxylic acids is 1. The third-order valence-corrected chi connectivity index (χ3v) is 10.1. The van der Waals surface area contributed by atoms with Crippen molar-refractivity contribution in [3.63, 3.8) is 0 Å². The highest BCUT2D eigenvalue weighted by atomic mass is 32.2. The molecule has 2 aromatic carbocycles. The first-order valence-electron chi connectivity index (χ1n) is 14.2. The van der Waals surface area contributed by atoms with Crippen LogP contribution in [0, 0.1) is 22.6 Å². The number of benzene rings is 2. The molecule has 1 aliphatic heterocycles. The van der Waals surface area contributed by atoms with Gasteiger partial charge >= 0.3 is 12.4 Å². The van der Waals surface area contributed by atoms with Crippen LogP contribution in [0.2, 0.25) is 0 Å². The Bertz CT molecular complexity index is 1460. The lowest BCUT2D eigenvalue weighted by molar-refractivity contribution is -0.200. The molecule has 5 atom stereocenters. The van der Waals surface area contributed by atoms with E-state index in [-0.39, 0.29) is 35.4 Å². The molecule has 2 bridgehead atoms. The van der Waals surface area contributed by atoms with Gasteiger partial charge in [-0.05, 0) is 72.6 Å². The van der Waals surface area contributed by atoms with Gasteiger partial charge in [0, 0.05) is 13.0 Å². The number of ether oxygens (including phenoxy) is 2. The molecule has 1 saturated heterocycles. The summed E-state index contributed by atoms with van der Waals surface area (Å²) in [7, 11) is -4.08. The van der Waals surface area contributed by atoms with Crippen molar-refractivity contribution in [2.75, 3.05) is 18.9 Å². The molecule has 0 aromatic heterocycles. The quantitative estimate of drug-likeness (QED) is 0.255. The lowest BCUT2D eigenvalue weighted by Gasteiger charge is -2.35. The van der Waals surface area contributed by atoms with Crippen LogP contribution in [-0.2, 0) is 36.7 Å². The fourth-order valence-electron chi connectivity index (χ4n) is 6.56. The zero-order valence-electron chi connectivity index (χ0n) is 24.6. The van der Waals surface area contributed by atoms with Crippen LogP contribution < -0.4 is 5.32 Å². The molecule has 0 amide bonds. The first-order chi connectivity index (χ1) is 20.6. The van der Waals surface area contributed by atoms with Crippen molar-refractivity contribution < 1.29 is 58.0 Å². The Kier molecular flexibility index (Phi) is 9.83. The number of rotatable bonds is 6. The van der Waals surface area contributed by atoms with Gasteiger partial charge in [-0.1, -0.05) is 26.0 Å². The first kappa shape index (κ1) is 35.3. The summed E-state index contributed by atoms with van der Waals surface area (Å²) in [5.74, 6) is -0.555. The van der Waals surface area contributed by atoms with Gasteiger partial charge in [-0.2, -0.15) is 34.8 Å². The molecule has 15 heteroatoms. The van der Waals surface area contributed by atoms with Crippen LogP contribution in [0.3, 0.4) is 0 Å². The van der Waals surface area contributed by atoms with Gasteiger partial charge in [0.2, 0.25) is 0 Å². The summed E-state index contributed by atoms with van der Waals surface area (Å²) in [6.45, 7) is 5.90. The van der Waals surface area contributed by atoms with Crippen molar-refractivity contribution in [1.29, 1.82) is 0 Å². The summed E-state index contributed by atoms with van der Waals surface area (Å²) in [6.07, 6.45) is -10.1. The molecule has 2 aromatic rings. The van der Waals surface area contributed by atoms with Crippen LogP contribution in [0.1, 0.15) is 74.4 Å². The minimum absolute atomic E-state index is 0.0152. The van der Waals surface area contributed by atoms with Gasteiger partial charge in [-0.25, -0.2) is 4.39 Å². The van der Waals surface area contributed by atoms with E-state index in [1.807, 2.05) is 13.8 Å². The summed E-state index contributed by atoms with van der Waals surface area (Å²) in [5, 5.41) is 3.10. The average Bonchev–Trinajstić information content (AvgIpc) is 3.26. The number of carbonyl (C=O) groups is 1. The molecule has 250 valence electrons. The number of fused-ring (bicyclic) bond motifs is 2. The SMILES string of the molecule is CC1(C)C2CC[C@]1(CS(=O)(=O)O)C(=O)C2.C[C@@H](O[C@H]1OCCN[C@H]1c1ccc(F)cc1)c1cc(C(F)(F)F)cc(C(F)(F)F)c1. The number of alkyl halides is 6. The van der Waals surface area contributed by atoms with Crippen molar-refractivity contribution in [2.45, 2.75) is 70.8 Å². The van der Waals surface area contributed by atoms with E-state index < -0.39 is 69.0 Å². The zero-order valence-corrected chi connectivity index (χ0v) is 25.5. The maximum Gasteiger partial charge on any atom is 0.416 e. The summed E-state index contributed by atoms with van der Waals surface area (Å²) >= 11 is 0. The van der Waals surface area contributed by atoms with Crippen LogP contribution in [-0.4, -0.2) is 43.9 Å². The van der Waals surface area contributed by atoms with E-state index in [4.69, 9.17) is 14.0 Å². The first-order valence-corrected chi connectivity index (χ1v) is 15.8. The van der Waals surface area contributed by atoms with E-state index in [2.05, 4.69) is 5.32 Å². The third-order valence-electron chi connectivity index (χ3n) is 9.24. The molecule has 3 fully saturated rings. The molecule has 1 heterocycles. The van der Waals surface area contributed by atoms with E-state index in [1.165, 1.54) is 31.2 Å². The van der Waals surface area contributed by atoms with E-state index in [1.54, 1.807) is 0 Å². The van der Waals surface area contributed by atoms with Crippen molar-refractivity contribution in [3.8, 4) is 0 Å². The molecular formula is C30H34F7NO6S. The van der Waals surface area contributed by atoms with Gasteiger partial charge < -0.3 is 14.8 Å². The number of ketones is 1. The molecular weight excluding hydrogens is 635 g/mol. The number of morpholine rings is 1. The molecule has 5 rings (SSSR count). The Morgan fingerprint density at radius 2 is 1.62 bits per heavy atom. The average molecular weight is 670 g/mol. The topological polar surface area (TPSA) is 102 Å². The highest BCUT2D eigenvalue weighted by Crippen LogP contribution is 2.64. The Labute approximate surface area is 256 Å². The van der Waals surface area contributed by atoms with Crippen molar-refractivity contribution >= 4 is 15.9 Å². The van der Waals surface area contributed by atoms with Crippen molar-refractivity contribution in [1.82, 2.24) is 5.32 Å². The molecule has 1 unspecified atom stereocenters. The number of Topliss-reactive ketones (excluding diaryl/α,β-unsaturated/α-hetero) is 1. The standard InChI is InChI=1S/C20H18F7NO2.C10H16O4S/c1-11(13-8-14(19(22,23)24)10-15(9-13)20(25,26)27)30-18-17(28-6-7-29-18)12-2-4-16(21)5-3-12;1-9(2)7-3-4-10(9,8(11)5-7)6-15(12,13)14/h2-5,8-11,17-18,28H,6-7H2,1H3;7H,3-6H2,1-2H3,(H,12,13,14)/t11-,17+,18-;7?,10-/m10/s1. The van der Waals surface area contributed by atoms with Crippen LogP contribution in [0.5, 0.6) is 0 Å². The van der Waals surface area contributed by atoms with Crippen molar-refractivity contribution in [3.05, 3.63) is 70.5 Å². The lowest BCUT2D eigenvalue weighted by atomic mass is 9.70. The van der Waals surface area contributed by atoms with Crippen LogP contribution in [0.25, 0.3) is 0 Å². The Hall–Kier alpha value is -2.59. The summed E-state index contributed by atoms with van der Waals surface area (Å²) in [6, 6.07) is 6.20. The van der Waals surface area contributed by atoms with E-state index in [9.17, 15) is 43.9 Å². The normalized spacial score (nSPS) is 27.2. The van der Waals surface area contributed by atoms with Crippen LogP contribution >= 0.6 is 0 Å². The highest BCUT2D eigenvalue weighted by Gasteiger charge is 2.65.